The van der Waals surface area contributed by atoms with Crippen molar-refractivity contribution in [3.63, 3.8) is 0 Å². The van der Waals surface area contributed by atoms with Gasteiger partial charge in [0.25, 0.3) is 5.91 Å². The minimum atomic E-state index is -1.06. The molecule has 48 heavy (non-hydrogen) atoms. The number of morpholine rings is 1. The van der Waals surface area contributed by atoms with Gasteiger partial charge in [0.05, 0.1) is 40.1 Å². The van der Waals surface area contributed by atoms with Crippen molar-refractivity contribution < 1.29 is 28.5 Å². The van der Waals surface area contributed by atoms with Crippen LogP contribution in [0.5, 0.6) is 17.2 Å². The predicted octanol–water partition coefficient (Wildman–Crippen LogP) is 4.70. The number of benzene rings is 4. The van der Waals surface area contributed by atoms with Crippen molar-refractivity contribution in [2.45, 2.75) is 19.1 Å². The lowest BCUT2D eigenvalue weighted by Crippen LogP contribution is -2.42. The highest BCUT2D eigenvalue weighted by Crippen LogP contribution is 2.34. The maximum absolute atomic E-state index is 14.4. The number of hydrogen-bond donors (Lipinski definition) is 1. The first-order chi connectivity index (χ1) is 23.5. The molecule has 5 aromatic rings. The van der Waals surface area contributed by atoms with Gasteiger partial charge in [-0.3, -0.25) is 9.59 Å². The number of nitrogens with zero attached hydrogens (tertiary/aromatic N) is 5. The van der Waals surface area contributed by atoms with Crippen LogP contribution in [0.4, 0.5) is 11.4 Å². The van der Waals surface area contributed by atoms with Gasteiger partial charge in [-0.05, 0) is 71.8 Å². The number of para-hydroxylation sites is 1. The molecule has 1 unspecified atom stereocenters. The maximum atomic E-state index is 14.4. The van der Waals surface area contributed by atoms with Gasteiger partial charge < -0.3 is 34.1 Å². The third-order valence-corrected chi connectivity index (χ3v) is 8.33. The lowest BCUT2D eigenvalue weighted by molar-refractivity contribution is -0.140. The molecule has 0 radical (unpaired) electrons. The van der Waals surface area contributed by atoms with E-state index >= 15 is 0 Å². The van der Waals surface area contributed by atoms with Crippen molar-refractivity contribution in [2.75, 3.05) is 57.8 Å². The molecule has 1 atom stereocenters. The number of ether oxygens (including phenoxy) is 4. The first kappa shape index (κ1) is 32.3. The fraction of sp³-hybridized carbons (Fsp3) is 0.278. The van der Waals surface area contributed by atoms with Gasteiger partial charge in [-0.25, -0.2) is 4.68 Å². The summed E-state index contributed by atoms with van der Waals surface area (Å²) < 4.78 is 23.5. The topological polar surface area (TPSA) is 120 Å². The van der Waals surface area contributed by atoms with Gasteiger partial charge >= 0.3 is 0 Å². The Bertz CT molecular complexity index is 1850. The monoisotopic (exact) mass is 650 g/mol. The van der Waals surface area contributed by atoms with E-state index < -0.39 is 11.9 Å². The maximum Gasteiger partial charge on any atom is 0.251 e. The number of carbonyl (C=O) groups is 2. The summed E-state index contributed by atoms with van der Waals surface area (Å²) in [6, 6.07) is 26.7. The van der Waals surface area contributed by atoms with E-state index in [1.165, 1.54) is 7.11 Å². The first-order valence-corrected chi connectivity index (χ1v) is 15.6. The van der Waals surface area contributed by atoms with Crippen molar-refractivity contribution in [1.29, 1.82) is 0 Å². The van der Waals surface area contributed by atoms with Crippen LogP contribution >= 0.6 is 0 Å². The first-order valence-electron chi connectivity index (χ1n) is 15.6. The molecule has 1 N–H and O–H groups in total. The van der Waals surface area contributed by atoms with Crippen molar-refractivity contribution in [3.8, 4) is 17.2 Å². The molecule has 1 aliphatic heterocycles. The number of amides is 2. The van der Waals surface area contributed by atoms with Crippen LogP contribution < -0.4 is 24.4 Å². The zero-order valence-corrected chi connectivity index (χ0v) is 27.2. The minimum absolute atomic E-state index is 0.123. The largest absolute Gasteiger partial charge is 0.497 e. The standard InChI is InChI=1S/C36H38N6O6/c1-45-29-15-8-25(9-16-29)23-41(34(43)24-42-31-7-5-4-6-30(31)38-39-42)35(26-10-17-32(46-2)33(22-26)47-3)36(44)37-27-11-13-28(14-12-27)40-18-20-48-21-19-40/h4-17,22,35H,18-21,23-24H2,1-3H3,(H,37,44). The van der Waals surface area contributed by atoms with Crippen molar-refractivity contribution >= 4 is 34.2 Å². The Morgan fingerprint density at radius 3 is 2.31 bits per heavy atom. The average Bonchev–Trinajstić information content (AvgIpc) is 3.54. The summed E-state index contributed by atoms with van der Waals surface area (Å²) in [7, 11) is 4.67. The Morgan fingerprint density at radius 1 is 0.875 bits per heavy atom. The molecule has 0 bridgehead atoms. The number of aromatic nitrogens is 3. The second-order valence-corrected chi connectivity index (χ2v) is 11.3. The Kier molecular flexibility index (Phi) is 10.0. The molecule has 0 saturated carbocycles. The predicted molar refractivity (Wildman–Crippen MR) is 181 cm³/mol. The lowest BCUT2D eigenvalue weighted by Gasteiger charge is -2.32. The SMILES string of the molecule is COc1ccc(CN(C(=O)Cn2nnc3ccccc32)C(C(=O)Nc2ccc(N3CCOCC3)cc2)c2ccc(OC)c(OC)c2)cc1. The van der Waals surface area contributed by atoms with E-state index in [9.17, 15) is 9.59 Å². The van der Waals surface area contributed by atoms with E-state index in [2.05, 4.69) is 20.5 Å². The molecule has 0 aliphatic carbocycles. The number of carbonyl (C=O) groups excluding carboxylic acids is 2. The van der Waals surface area contributed by atoms with E-state index in [0.29, 0.717) is 52.7 Å². The third-order valence-electron chi connectivity index (χ3n) is 8.33. The van der Waals surface area contributed by atoms with Crippen molar-refractivity contribution in [2.24, 2.45) is 0 Å². The fourth-order valence-corrected chi connectivity index (χ4v) is 5.79. The molecule has 12 nitrogen and oxygen atoms in total. The van der Waals surface area contributed by atoms with E-state index in [0.717, 1.165) is 24.3 Å². The zero-order chi connectivity index (χ0) is 33.5. The summed E-state index contributed by atoms with van der Waals surface area (Å²) >= 11 is 0. The number of rotatable bonds is 12. The Hall–Kier alpha value is -5.62. The van der Waals surface area contributed by atoms with Gasteiger partial charge in [0.1, 0.15) is 23.9 Å². The lowest BCUT2D eigenvalue weighted by atomic mass is 10.0. The van der Waals surface area contributed by atoms with Crippen molar-refractivity contribution in [3.05, 3.63) is 102 Å². The molecule has 0 spiro atoms. The third kappa shape index (κ3) is 7.18. The highest BCUT2D eigenvalue weighted by Gasteiger charge is 2.33. The molecule has 1 aliphatic rings. The normalized spacial score (nSPS) is 13.5. The zero-order valence-electron chi connectivity index (χ0n) is 27.2. The van der Waals surface area contributed by atoms with Crippen LogP contribution in [-0.4, -0.2) is 79.3 Å². The van der Waals surface area contributed by atoms with Crippen LogP contribution in [0.15, 0.2) is 91.0 Å². The van der Waals surface area contributed by atoms with Crippen LogP contribution in [0, 0.1) is 0 Å². The molecule has 12 heteroatoms. The summed E-state index contributed by atoms with van der Waals surface area (Å²) in [4.78, 5) is 32.7. The Balaban J connectivity index is 1.38. The smallest absolute Gasteiger partial charge is 0.251 e. The van der Waals surface area contributed by atoms with E-state index in [1.54, 1.807) is 42.0 Å². The van der Waals surface area contributed by atoms with Gasteiger partial charge in [-0.1, -0.05) is 35.5 Å². The van der Waals surface area contributed by atoms with Gasteiger partial charge in [-0.15, -0.1) is 5.10 Å². The fourth-order valence-electron chi connectivity index (χ4n) is 5.79. The van der Waals surface area contributed by atoms with E-state index in [-0.39, 0.29) is 19.0 Å². The van der Waals surface area contributed by atoms with E-state index in [1.807, 2.05) is 72.8 Å². The summed E-state index contributed by atoms with van der Waals surface area (Å²) in [5.74, 6) is 0.883. The highest BCUT2D eigenvalue weighted by molar-refractivity contribution is 5.98. The quantitative estimate of drug-likeness (QED) is 0.205. The Morgan fingerprint density at radius 2 is 1.60 bits per heavy atom. The highest BCUT2D eigenvalue weighted by atomic mass is 16.5. The van der Waals surface area contributed by atoms with E-state index in [4.69, 9.17) is 18.9 Å². The molecule has 1 aromatic heterocycles. The van der Waals surface area contributed by atoms with Gasteiger partial charge in [0.2, 0.25) is 5.91 Å². The van der Waals surface area contributed by atoms with Crippen LogP contribution in [0.25, 0.3) is 11.0 Å². The summed E-state index contributed by atoms with van der Waals surface area (Å²) in [6.45, 7) is 2.94. The Labute approximate surface area is 278 Å². The van der Waals surface area contributed by atoms with Crippen LogP contribution in [0.3, 0.4) is 0 Å². The van der Waals surface area contributed by atoms with Gasteiger partial charge in [0.15, 0.2) is 11.5 Å². The number of nitrogens with one attached hydrogen (secondary N) is 1. The van der Waals surface area contributed by atoms with Crippen LogP contribution in [-0.2, 0) is 27.4 Å². The van der Waals surface area contributed by atoms with Crippen LogP contribution in [0.1, 0.15) is 17.2 Å². The number of hydrogen-bond acceptors (Lipinski definition) is 9. The molecule has 1 saturated heterocycles. The molecular weight excluding hydrogens is 612 g/mol. The van der Waals surface area contributed by atoms with Gasteiger partial charge in [0, 0.05) is 31.0 Å². The summed E-state index contributed by atoms with van der Waals surface area (Å²) in [6.07, 6.45) is 0. The summed E-state index contributed by atoms with van der Waals surface area (Å²) in [5, 5.41) is 11.5. The molecule has 1 fully saturated rings. The van der Waals surface area contributed by atoms with Crippen molar-refractivity contribution in [1.82, 2.24) is 19.9 Å². The molecule has 4 aromatic carbocycles. The second kappa shape index (κ2) is 14.9. The number of anilines is 2. The number of fused-ring (bicyclic) bond motifs is 1. The molecular formula is C36H38N6O6. The summed E-state index contributed by atoms with van der Waals surface area (Å²) in [5.41, 5.74) is 4.37. The minimum Gasteiger partial charge on any atom is -0.497 e. The molecule has 2 heterocycles. The van der Waals surface area contributed by atoms with Gasteiger partial charge in [-0.2, -0.15) is 0 Å². The van der Waals surface area contributed by atoms with Crippen LogP contribution in [0.2, 0.25) is 0 Å². The molecule has 6 rings (SSSR count). The molecule has 2 amide bonds. The number of methoxy groups -OCH3 is 3. The second-order valence-electron chi connectivity index (χ2n) is 11.3. The molecule has 248 valence electrons. The average molecular weight is 651 g/mol.